The summed E-state index contributed by atoms with van der Waals surface area (Å²) in [6.07, 6.45) is 6.50. The van der Waals surface area contributed by atoms with Crippen LogP contribution in [0.25, 0.3) is 11.1 Å². The number of nitrogens with zero attached hydrogens (tertiary/aromatic N) is 4. The first-order chi connectivity index (χ1) is 17.8. The quantitative estimate of drug-likeness (QED) is 0.640. The molecule has 8 heteroatoms. The number of aliphatic hydroxyl groups is 1. The second-order valence-corrected chi connectivity index (χ2v) is 10.4. The lowest BCUT2D eigenvalue weighted by molar-refractivity contribution is -0.136. The van der Waals surface area contributed by atoms with Crippen molar-refractivity contribution in [3.05, 3.63) is 47.7 Å². The van der Waals surface area contributed by atoms with Crippen molar-refractivity contribution in [1.29, 1.82) is 5.26 Å². The van der Waals surface area contributed by atoms with Gasteiger partial charge in [-0.2, -0.15) is 5.26 Å². The van der Waals surface area contributed by atoms with Crippen molar-refractivity contribution in [1.82, 2.24) is 14.8 Å². The number of rotatable bonds is 6. The lowest BCUT2D eigenvalue weighted by atomic mass is 9.88. The predicted octanol–water partition coefficient (Wildman–Crippen LogP) is 3.88. The molecule has 2 aliphatic rings. The van der Waals surface area contributed by atoms with Crippen LogP contribution in [0.4, 0.5) is 0 Å². The number of amides is 2. The molecule has 2 aromatic rings. The number of hydrogen-bond donors (Lipinski definition) is 1. The third-order valence-electron chi connectivity index (χ3n) is 7.63. The Hall–Kier alpha value is -3.44. The number of aromatic nitrogens is 1. The zero-order chi connectivity index (χ0) is 26.5. The van der Waals surface area contributed by atoms with Gasteiger partial charge < -0.3 is 19.6 Å². The fourth-order valence-electron chi connectivity index (χ4n) is 5.27. The van der Waals surface area contributed by atoms with Crippen LogP contribution in [-0.4, -0.2) is 70.6 Å². The summed E-state index contributed by atoms with van der Waals surface area (Å²) in [5, 5.41) is 19.2. The maximum Gasteiger partial charge on any atom is 0.259 e. The molecule has 0 unspecified atom stereocenters. The Kier molecular flexibility index (Phi) is 8.45. The molecule has 1 saturated carbocycles. The number of fused-ring (bicyclic) bond motifs is 1. The molecule has 196 valence electrons. The van der Waals surface area contributed by atoms with Crippen LogP contribution in [-0.2, 0) is 4.79 Å². The van der Waals surface area contributed by atoms with E-state index in [4.69, 9.17) is 4.74 Å². The van der Waals surface area contributed by atoms with Gasteiger partial charge in [-0.1, -0.05) is 38.3 Å². The average Bonchev–Trinajstić information content (AvgIpc) is 2.94. The molecule has 0 radical (unpaired) electrons. The van der Waals surface area contributed by atoms with Crippen LogP contribution in [0.5, 0.6) is 5.88 Å². The highest BCUT2D eigenvalue weighted by molar-refractivity contribution is 5.98. The molecule has 0 spiro atoms. The summed E-state index contributed by atoms with van der Waals surface area (Å²) in [5.74, 6) is 0.0681. The number of benzene rings is 1. The Labute approximate surface area is 218 Å². The third kappa shape index (κ3) is 5.94. The first-order valence-electron chi connectivity index (χ1n) is 13.2. The first-order valence-corrected chi connectivity index (χ1v) is 13.2. The Morgan fingerprint density at radius 2 is 2.03 bits per heavy atom. The number of aliphatic hydroxyl groups excluding tert-OH is 1. The lowest BCUT2D eigenvalue weighted by Crippen LogP contribution is -2.51. The van der Waals surface area contributed by atoms with Gasteiger partial charge in [0.15, 0.2) is 0 Å². The van der Waals surface area contributed by atoms with Gasteiger partial charge in [-0.25, -0.2) is 4.98 Å². The topological polar surface area (TPSA) is 107 Å². The van der Waals surface area contributed by atoms with Crippen molar-refractivity contribution < 1.29 is 19.4 Å². The first kappa shape index (κ1) is 26.6. The summed E-state index contributed by atoms with van der Waals surface area (Å²) in [6, 6.07) is 10.6. The van der Waals surface area contributed by atoms with E-state index in [1.807, 2.05) is 27.0 Å². The van der Waals surface area contributed by atoms with Crippen LogP contribution in [0.15, 0.2) is 36.5 Å². The van der Waals surface area contributed by atoms with Crippen molar-refractivity contribution in [2.75, 3.05) is 26.7 Å². The highest BCUT2D eigenvalue weighted by Gasteiger charge is 2.35. The summed E-state index contributed by atoms with van der Waals surface area (Å²) in [6.45, 7) is 4.41. The molecule has 2 amide bonds. The summed E-state index contributed by atoms with van der Waals surface area (Å²) in [4.78, 5) is 34.8. The highest BCUT2D eigenvalue weighted by Crippen LogP contribution is 2.31. The number of carbonyl (C=O) groups is 2. The molecule has 1 fully saturated rings. The fourth-order valence-corrected chi connectivity index (χ4v) is 5.27. The Balaban J connectivity index is 1.66. The van der Waals surface area contributed by atoms with Gasteiger partial charge in [0.05, 0.1) is 30.8 Å². The largest absolute Gasteiger partial charge is 0.472 e. The summed E-state index contributed by atoms with van der Waals surface area (Å²) < 4.78 is 6.36. The molecule has 3 atom stereocenters. The number of hydrogen-bond acceptors (Lipinski definition) is 6. The molecular formula is C29H36N4O4. The number of likely N-dealkylation sites (N-methyl/N-ethyl adjacent to an activating group) is 1. The molecule has 1 aliphatic carbocycles. The summed E-state index contributed by atoms with van der Waals surface area (Å²) >= 11 is 0. The monoisotopic (exact) mass is 504 g/mol. The minimum absolute atomic E-state index is 0.0623. The van der Waals surface area contributed by atoms with Crippen LogP contribution >= 0.6 is 0 Å². The van der Waals surface area contributed by atoms with E-state index in [9.17, 15) is 20.0 Å². The predicted molar refractivity (Wildman–Crippen MR) is 140 cm³/mol. The van der Waals surface area contributed by atoms with Crippen molar-refractivity contribution in [3.63, 3.8) is 0 Å². The highest BCUT2D eigenvalue weighted by atomic mass is 16.5. The van der Waals surface area contributed by atoms with E-state index in [0.29, 0.717) is 29.8 Å². The van der Waals surface area contributed by atoms with Gasteiger partial charge in [-0.3, -0.25) is 9.59 Å². The van der Waals surface area contributed by atoms with Crippen molar-refractivity contribution in [2.24, 2.45) is 11.8 Å². The molecule has 1 aromatic heterocycles. The molecule has 1 aliphatic heterocycles. The average molecular weight is 505 g/mol. The van der Waals surface area contributed by atoms with Crippen LogP contribution in [0.1, 0.15) is 61.9 Å². The van der Waals surface area contributed by atoms with E-state index in [1.54, 1.807) is 40.3 Å². The van der Waals surface area contributed by atoms with Crippen LogP contribution in [0.2, 0.25) is 0 Å². The third-order valence-corrected chi connectivity index (χ3v) is 7.63. The second-order valence-electron chi connectivity index (χ2n) is 10.4. The van der Waals surface area contributed by atoms with Crippen LogP contribution in [0, 0.1) is 23.2 Å². The van der Waals surface area contributed by atoms with Gasteiger partial charge in [0.2, 0.25) is 11.8 Å². The van der Waals surface area contributed by atoms with Crippen LogP contribution < -0.4 is 4.74 Å². The number of carbonyl (C=O) groups excluding carboxylic acids is 2. The standard InChI is InChI=1S/C29H36N4O4/c1-19-16-33(20(2)18-34)29(36)25-13-24(23-11-7-8-21(12-23)14-30)15-31-27(25)37-26(19)17-32(3)28(35)22-9-5-4-6-10-22/h7-8,11-13,15,19-20,22,26,34H,4-6,9-10,16-18H2,1-3H3/t19-,20+,26-/m0/s1. The normalized spacial score (nSPS) is 21.2. The molecule has 37 heavy (non-hydrogen) atoms. The zero-order valence-corrected chi connectivity index (χ0v) is 21.9. The molecule has 0 saturated heterocycles. The Morgan fingerprint density at radius 3 is 2.73 bits per heavy atom. The van der Waals surface area contributed by atoms with E-state index in [2.05, 4.69) is 11.1 Å². The molecule has 0 bridgehead atoms. The van der Waals surface area contributed by atoms with E-state index < -0.39 is 6.04 Å². The van der Waals surface area contributed by atoms with Gasteiger partial charge in [-0.15, -0.1) is 0 Å². The van der Waals surface area contributed by atoms with Crippen molar-refractivity contribution >= 4 is 11.8 Å². The summed E-state index contributed by atoms with van der Waals surface area (Å²) in [7, 11) is 1.82. The molecule has 4 rings (SSSR count). The van der Waals surface area contributed by atoms with Gasteiger partial charge in [0.1, 0.15) is 11.7 Å². The maximum absolute atomic E-state index is 13.7. The minimum atomic E-state index is -0.395. The fraction of sp³-hybridized carbons (Fsp3) is 0.517. The molecular weight excluding hydrogens is 468 g/mol. The second kappa shape index (κ2) is 11.7. The Morgan fingerprint density at radius 1 is 1.27 bits per heavy atom. The number of nitriles is 1. The number of ether oxygens (including phenoxy) is 1. The van der Waals surface area contributed by atoms with E-state index in [0.717, 1.165) is 31.2 Å². The SMILES string of the molecule is C[C@H](CO)N1C[C@H](C)[C@H](CN(C)C(=O)C2CCCCC2)Oc2ncc(-c3cccc(C#N)c3)cc2C1=O. The Bertz CT molecular complexity index is 1170. The number of pyridine rings is 1. The molecule has 1 aromatic carbocycles. The van der Waals surface area contributed by atoms with Crippen molar-refractivity contribution in [2.45, 2.75) is 58.1 Å². The van der Waals surface area contributed by atoms with Gasteiger partial charge >= 0.3 is 0 Å². The van der Waals surface area contributed by atoms with Gasteiger partial charge in [-0.05, 0) is 43.5 Å². The smallest absolute Gasteiger partial charge is 0.259 e. The molecule has 8 nitrogen and oxygen atoms in total. The van der Waals surface area contributed by atoms with Crippen LogP contribution in [0.3, 0.4) is 0 Å². The van der Waals surface area contributed by atoms with E-state index in [1.165, 1.54) is 6.42 Å². The molecule has 1 N–H and O–H groups in total. The minimum Gasteiger partial charge on any atom is -0.472 e. The van der Waals surface area contributed by atoms with E-state index in [-0.39, 0.29) is 42.2 Å². The van der Waals surface area contributed by atoms with Gasteiger partial charge in [0, 0.05) is 37.2 Å². The maximum atomic E-state index is 13.7. The summed E-state index contributed by atoms with van der Waals surface area (Å²) in [5.41, 5.74) is 2.29. The zero-order valence-electron chi connectivity index (χ0n) is 21.9. The van der Waals surface area contributed by atoms with E-state index >= 15 is 0 Å². The van der Waals surface area contributed by atoms with Gasteiger partial charge in [0.25, 0.3) is 5.91 Å². The molecule has 2 heterocycles. The van der Waals surface area contributed by atoms with Crippen molar-refractivity contribution in [3.8, 4) is 23.1 Å². The lowest BCUT2D eigenvalue weighted by Gasteiger charge is -2.38.